The summed E-state index contributed by atoms with van der Waals surface area (Å²) >= 11 is 1.35. The normalized spacial score (nSPS) is 22.2. The Balaban J connectivity index is 1.95. The van der Waals surface area contributed by atoms with Gasteiger partial charge in [0.2, 0.25) is 0 Å². The number of thiophene rings is 1. The molecular formula is C11H15NO3S. The van der Waals surface area contributed by atoms with Crippen LogP contribution in [0.4, 0.5) is 0 Å². The minimum atomic E-state index is -0.841. The van der Waals surface area contributed by atoms with Crippen LogP contribution < -0.4 is 0 Å². The van der Waals surface area contributed by atoms with Crippen molar-refractivity contribution in [1.29, 1.82) is 0 Å². The standard InChI is InChI=1S/C11H15NO3S/c1-8-6-12(4-5-15-8)7-9-2-3-10(16-9)11(13)14/h2-3,8H,4-7H2,1H3,(H,13,14). The van der Waals surface area contributed by atoms with Crippen molar-refractivity contribution in [3.63, 3.8) is 0 Å². The predicted molar refractivity (Wildman–Crippen MR) is 62.0 cm³/mol. The molecule has 2 rings (SSSR count). The molecule has 4 nitrogen and oxygen atoms in total. The van der Waals surface area contributed by atoms with Crippen LogP contribution in [0.5, 0.6) is 0 Å². The van der Waals surface area contributed by atoms with E-state index in [0.29, 0.717) is 4.88 Å². The van der Waals surface area contributed by atoms with Gasteiger partial charge in [0.1, 0.15) is 4.88 Å². The molecule has 1 unspecified atom stereocenters. The van der Waals surface area contributed by atoms with Crippen LogP contribution in [-0.2, 0) is 11.3 Å². The van der Waals surface area contributed by atoms with Gasteiger partial charge in [0.05, 0.1) is 12.7 Å². The Morgan fingerprint density at radius 3 is 3.12 bits per heavy atom. The van der Waals surface area contributed by atoms with Gasteiger partial charge in [-0.05, 0) is 19.1 Å². The first-order valence-electron chi connectivity index (χ1n) is 5.31. The van der Waals surface area contributed by atoms with Crippen LogP contribution in [0.2, 0.25) is 0 Å². The molecule has 1 aromatic rings. The van der Waals surface area contributed by atoms with Crippen molar-refractivity contribution < 1.29 is 14.6 Å². The lowest BCUT2D eigenvalue weighted by Crippen LogP contribution is -2.40. The number of carbonyl (C=O) groups is 1. The van der Waals surface area contributed by atoms with Crippen molar-refractivity contribution in [2.24, 2.45) is 0 Å². The Labute approximate surface area is 98.4 Å². The van der Waals surface area contributed by atoms with Gasteiger partial charge >= 0.3 is 5.97 Å². The van der Waals surface area contributed by atoms with Gasteiger partial charge in [-0.15, -0.1) is 11.3 Å². The third-order valence-corrected chi connectivity index (χ3v) is 3.64. The zero-order chi connectivity index (χ0) is 11.5. The van der Waals surface area contributed by atoms with Crippen molar-refractivity contribution in [2.45, 2.75) is 19.6 Å². The molecule has 0 amide bonds. The Kier molecular flexibility index (Phi) is 3.58. The van der Waals surface area contributed by atoms with E-state index >= 15 is 0 Å². The van der Waals surface area contributed by atoms with Crippen LogP contribution in [0.1, 0.15) is 21.5 Å². The van der Waals surface area contributed by atoms with E-state index in [4.69, 9.17) is 9.84 Å². The maximum absolute atomic E-state index is 10.7. The van der Waals surface area contributed by atoms with E-state index in [1.54, 1.807) is 6.07 Å². The largest absolute Gasteiger partial charge is 0.477 e. The fourth-order valence-electron chi connectivity index (χ4n) is 1.83. The van der Waals surface area contributed by atoms with Gasteiger partial charge in [-0.2, -0.15) is 0 Å². The number of carboxylic acid groups (broad SMARTS) is 1. The summed E-state index contributed by atoms with van der Waals surface area (Å²) in [6.45, 7) is 5.48. The molecular weight excluding hydrogens is 226 g/mol. The molecule has 1 atom stereocenters. The van der Waals surface area contributed by atoms with Crippen LogP contribution >= 0.6 is 11.3 Å². The fraction of sp³-hybridized carbons (Fsp3) is 0.545. The summed E-state index contributed by atoms with van der Waals surface area (Å²) in [5, 5.41) is 8.82. The van der Waals surface area contributed by atoms with E-state index in [-0.39, 0.29) is 6.10 Å². The number of hydrogen-bond acceptors (Lipinski definition) is 4. The van der Waals surface area contributed by atoms with E-state index in [1.165, 1.54) is 11.3 Å². The van der Waals surface area contributed by atoms with E-state index in [9.17, 15) is 4.79 Å². The van der Waals surface area contributed by atoms with Crippen molar-refractivity contribution >= 4 is 17.3 Å². The molecule has 1 saturated heterocycles. The smallest absolute Gasteiger partial charge is 0.345 e. The van der Waals surface area contributed by atoms with Crippen molar-refractivity contribution in [3.8, 4) is 0 Å². The van der Waals surface area contributed by atoms with Gasteiger partial charge in [-0.3, -0.25) is 4.90 Å². The fourth-order valence-corrected chi connectivity index (χ4v) is 2.72. The number of carboxylic acids is 1. The summed E-state index contributed by atoms with van der Waals surface area (Å²) in [6, 6.07) is 3.57. The second kappa shape index (κ2) is 4.95. The molecule has 88 valence electrons. The van der Waals surface area contributed by atoms with E-state index in [0.717, 1.165) is 31.1 Å². The predicted octanol–water partition coefficient (Wildman–Crippen LogP) is 1.67. The molecule has 0 spiro atoms. The van der Waals surface area contributed by atoms with Gasteiger partial charge in [-0.25, -0.2) is 4.79 Å². The average Bonchev–Trinajstić information content (AvgIpc) is 2.66. The molecule has 0 aromatic carbocycles. The van der Waals surface area contributed by atoms with Gasteiger partial charge in [0, 0.05) is 24.5 Å². The van der Waals surface area contributed by atoms with E-state index < -0.39 is 5.97 Å². The van der Waals surface area contributed by atoms with Gasteiger partial charge in [-0.1, -0.05) is 0 Å². The highest BCUT2D eigenvalue weighted by atomic mass is 32.1. The second-order valence-electron chi connectivity index (χ2n) is 3.99. The maximum Gasteiger partial charge on any atom is 0.345 e. The molecule has 1 aliphatic rings. The molecule has 1 aromatic heterocycles. The third-order valence-electron chi connectivity index (χ3n) is 2.58. The number of rotatable bonds is 3. The quantitative estimate of drug-likeness (QED) is 0.874. The summed E-state index contributed by atoms with van der Waals surface area (Å²) in [7, 11) is 0. The molecule has 0 aliphatic carbocycles. The highest BCUT2D eigenvalue weighted by Gasteiger charge is 2.17. The molecule has 1 N–H and O–H groups in total. The molecule has 1 fully saturated rings. The van der Waals surface area contributed by atoms with Crippen molar-refractivity contribution in [3.05, 3.63) is 21.9 Å². The zero-order valence-electron chi connectivity index (χ0n) is 9.18. The minimum absolute atomic E-state index is 0.271. The molecule has 1 aliphatic heterocycles. The molecule has 5 heteroatoms. The summed E-state index contributed by atoms with van der Waals surface area (Å²) in [4.78, 5) is 14.5. The first kappa shape index (κ1) is 11.6. The molecule has 16 heavy (non-hydrogen) atoms. The van der Waals surface area contributed by atoms with Crippen LogP contribution in [-0.4, -0.2) is 41.8 Å². The molecule has 0 radical (unpaired) electrons. The number of aromatic carboxylic acids is 1. The number of hydrogen-bond donors (Lipinski definition) is 1. The highest BCUT2D eigenvalue weighted by molar-refractivity contribution is 7.13. The lowest BCUT2D eigenvalue weighted by atomic mass is 10.3. The number of ether oxygens (including phenoxy) is 1. The lowest BCUT2D eigenvalue weighted by molar-refractivity contribution is -0.0208. The van der Waals surface area contributed by atoms with E-state index in [1.807, 2.05) is 6.07 Å². The maximum atomic E-state index is 10.7. The zero-order valence-corrected chi connectivity index (χ0v) is 10.00. The summed E-state index contributed by atoms with van der Waals surface area (Å²) in [5.41, 5.74) is 0. The Hall–Kier alpha value is -0.910. The van der Waals surface area contributed by atoms with Crippen LogP contribution in [0.15, 0.2) is 12.1 Å². The van der Waals surface area contributed by atoms with Gasteiger partial charge in [0.15, 0.2) is 0 Å². The second-order valence-corrected chi connectivity index (χ2v) is 5.16. The van der Waals surface area contributed by atoms with Crippen LogP contribution in [0.3, 0.4) is 0 Å². The summed E-state index contributed by atoms with van der Waals surface area (Å²) in [6.07, 6.45) is 0.271. The Bertz CT molecular complexity index is 377. The van der Waals surface area contributed by atoms with Gasteiger partial charge < -0.3 is 9.84 Å². The molecule has 2 heterocycles. The summed E-state index contributed by atoms with van der Waals surface area (Å²) < 4.78 is 5.46. The summed E-state index contributed by atoms with van der Waals surface area (Å²) in [5.74, 6) is -0.841. The van der Waals surface area contributed by atoms with Crippen LogP contribution in [0.25, 0.3) is 0 Å². The topological polar surface area (TPSA) is 49.8 Å². The van der Waals surface area contributed by atoms with Crippen molar-refractivity contribution in [1.82, 2.24) is 4.90 Å². The lowest BCUT2D eigenvalue weighted by Gasteiger charge is -2.30. The number of nitrogens with zero attached hydrogens (tertiary/aromatic N) is 1. The third kappa shape index (κ3) is 2.81. The first-order chi connectivity index (χ1) is 7.65. The van der Waals surface area contributed by atoms with Crippen LogP contribution in [0, 0.1) is 0 Å². The minimum Gasteiger partial charge on any atom is -0.477 e. The molecule has 0 bridgehead atoms. The Morgan fingerprint density at radius 2 is 2.50 bits per heavy atom. The number of morpholine rings is 1. The SMILES string of the molecule is CC1CN(Cc2ccc(C(=O)O)s2)CCO1. The van der Waals surface area contributed by atoms with E-state index in [2.05, 4.69) is 11.8 Å². The van der Waals surface area contributed by atoms with Gasteiger partial charge in [0.25, 0.3) is 0 Å². The highest BCUT2D eigenvalue weighted by Crippen LogP contribution is 2.19. The monoisotopic (exact) mass is 241 g/mol. The average molecular weight is 241 g/mol. The first-order valence-corrected chi connectivity index (χ1v) is 6.13. The van der Waals surface area contributed by atoms with Crippen molar-refractivity contribution in [2.75, 3.05) is 19.7 Å². The Morgan fingerprint density at radius 1 is 1.69 bits per heavy atom. The molecule has 0 saturated carbocycles.